The molecule has 0 unspecified atom stereocenters. The average Bonchev–Trinajstić information content (AvgIpc) is 3.71. The summed E-state index contributed by atoms with van der Waals surface area (Å²) in [6, 6.07) is 67.3. The lowest BCUT2D eigenvalue weighted by atomic mass is 9.95. The zero-order chi connectivity index (χ0) is 33.0. The molecule has 0 bridgehead atoms. The predicted molar refractivity (Wildman–Crippen MR) is 209 cm³/mol. The van der Waals surface area contributed by atoms with Gasteiger partial charge in [-0.2, -0.15) is 0 Å². The third-order valence-electron chi connectivity index (χ3n) is 9.89. The molecule has 10 rings (SSSR count). The largest absolute Gasteiger partial charge is 0.309 e. The van der Waals surface area contributed by atoms with Crippen LogP contribution in [-0.2, 0) is 0 Å². The Morgan fingerprint density at radius 2 is 0.680 bits per heavy atom. The maximum atomic E-state index is 5.54. The highest BCUT2D eigenvalue weighted by atomic mass is 15.1. The van der Waals surface area contributed by atoms with Gasteiger partial charge in [0.1, 0.15) is 5.82 Å². The summed E-state index contributed by atoms with van der Waals surface area (Å²) in [6.45, 7) is 0. The maximum Gasteiger partial charge on any atom is 0.140 e. The number of nitrogens with zero attached hydrogens (tertiary/aromatic N) is 3. The Hall–Kier alpha value is -6.71. The number of fused-ring (bicyclic) bond motifs is 6. The summed E-state index contributed by atoms with van der Waals surface area (Å²) in [6.07, 6.45) is 0. The predicted octanol–water partition coefficient (Wildman–Crippen LogP) is 12.3. The van der Waals surface area contributed by atoms with E-state index in [1.54, 1.807) is 0 Å². The van der Waals surface area contributed by atoms with Crippen LogP contribution >= 0.6 is 0 Å². The molecule has 50 heavy (non-hydrogen) atoms. The second-order valence-electron chi connectivity index (χ2n) is 12.8. The molecular formula is C47H31N3. The molecule has 0 radical (unpaired) electrons. The third kappa shape index (κ3) is 4.56. The van der Waals surface area contributed by atoms with E-state index in [1.807, 2.05) is 0 Å². The van der Waals surface area contributed by atoms with Gasteiger partial charge in [0.2, 0.25) is 0 Å². The number of hydrogen-bond acceptors (Lipinski definition) is 1. The van der Waals surface area contributed by atoms with Crippen molar-refractivity contribution in [1.29, 1.82) is 0 Å². The van der Waals surface area contributed by atoms with E-state index in [0.717, 1.165) is 44.9 Å². The standard InChI is InChI=1S/C47H31N3/c1-3-15-32(16-4-1)34-27-35(33-17-5-2-6-18-33)29-36(28-34)42-30-37(49-43-23-11-7-19-38(43)39-20-8-12-24-44(39)49)31-47(48-42)50-45-25-13-9-21-40(45)41-22-10-14-26-46(41)50/h1-31H. The lowest BCUT2D eigenvalue weighted by Crippen LogP contribution is -2.03. The second kappa shape index (κ2) is 11.5. The van der Waals surface area contributed by atoms with Gasteiger partial charge < -0.3 is 4.57 Å². The first kappa shape index (κ1) is 28.3. The highest BCUT2D eigenvalue weighted by Gasteiger charge is 2.19. The quantitative estimate of drug-likeness (QED) is 0.184. The molecule has 7 aromatic carbocycles. The van der Waals surface area contributed by atoms with Crippen LogP contribution in [0, 0.1) is 0 Å². The monoisotopic (exact) mass is 637 g/mol. The summed E-state index contributed by atoms with van der Waals surface area (Å²) in [4.78, 5) is 5.54. The summed E-state index contributed by atoms with van der Waals surface area (Å²) in [5, 5.41) is 4.90. The Morgan fingerprint density at radius 3 is 1.14 bits per heavy atom. The minimum atomic E-state index is 0.878. The zero-order valence-corrected chi connectivity index (χ0v) is 27.2. The van der Waals surface area contributed by atoms with Crippen molar-refractivity contribution < 1.29 is 0 Å². The van der Waals surface area contributed by atoms with Crippen molar-refractivity contribution in [3.63, 3.8) is 0 Å². The molecule has 0 amide bonds. The van der Waals surface area contributed by atoms with Gasteiger partial charge >= 0.3 is 0 Å². The van der Waals surface area contributed by atoms with Crippen LogP contribution < -0.4 is 0 Å². The van der Waals surface area contributed by atoms with Gasteiger partial charge in [-0.3, -0.25) is 4.57 Å². The molecule has 3 nitrogen and oxygen atoms in total. The molecule has 0 aliphatic carbocycles. The topological polar surface area (TPSA) is 22.8 Å². The fourth-order valence-electron chi connectivity index (χ4n) is 7.63. The second-order valence-corrected chi connectivity index (χ2v) is 12.8. The van der Waals surface area contributed by atoms with Gasteiger partial charge in [0, 0.05) is 33.2 Å². The van der Waals surface area contributed by atoms with Crippen molar-refractivity contribution in [1.82, 2.24) is 14.1 Å². The SMILES string of the molecule is c1ccc(-c2cc(-c3ccccc3)cc(-c3cc(-n4c5ccccc5c5ccccc54)cc(-n4c5ccccc5c5ccccc54)n3)c2)cc1. The minimum absolute atomic E-state index is 0.878. The minimum Gasteiger partial charge on any atom is -0.309 e. The van der Waals surface area contributed by atoms with Crippen LogP contribution in [0.3, 0.4) is 0 Å². The molecule has 10 aromatic rings. The van der Waals surface area contributed by atoms with Crippen LogP contribution in [0.15, 0.2) is 188 Å². The van der Waals surface area contributed by atoms with Gasteiger partial charge in [0.15, 0.2) is 0 Å². The molecule has 0 atom stereocenters. The highest BCUT2D eigenvalue weighted by Crippen LogP contribution is 2.38. The number of benzene rings is 7. The van der Waals surface area contributed by atoms with Gasteiger partial charge in [-0.05, 0) is 70.8 Å². The summed E-state index contributed by atoms with van der Waals surface area (Å²) in [5.41, 5.74) is 12.3. The van der Waals surface area contributed by atoms with E-state index in [-0.39, 0.29) is 0 Å². The Bertz CT molecular complexity index is 2560. The lowest BCUT2D eigenvalue weighted by molar-refractivity contribution is 1.06. The molecule has 0 aliphatic heterocycles. The van der Waals surface area contributed by atoms with Crippen molar-refractivity contribution in [3.8, 4) is 45.0 Å². The van der Waals surface area contributed by atoms with E-state index >= 15 is 0 Å². The summed E-state index contributed by atoms with van der Waals surface area (Å²) >= 11 is 0. The normalized spacial score (nSPS) is 11.6. The summed E-state index contributed by atoms with van der Waals surface area (Å²) in [7, 11) is 0. The van der Waals surface area contributed by atoms with Crippen LogP contribution in [0.1, 0.15) is 0 Å². The molecule has 0 saturated carbocycles. The van der Waals surface area contributed by atoms with Gasteiger partial charge in [0.25, 0.3) is 0 Å². The van der Waals surface area contributed by atoms with Crippen molar-refractivity contribution in [2.75, 3.05) is 0 Å². The number of para-hydroxylation sites is 4. The smallest absolute Gasteiger partial charge is 0.140 e. The molecule has 0 spiro atoms. The molecule has 234 valence electrons. The molecule has 3 aromatic heterocycles. The van der Waals surface area contributed by atoms with Crippen LogP contribution in [0.25, 0.3) is 88.6 Å². The number of rotatable bonds is 5. The number of aromatic nitrogens is 3. The first-order valence-corrected chi connectivity index (χ1v) is 17.1. The Labute approximate surface area is 290 Å². The van der Waals surface area contributed by atoms with E-state index in [1.165, 1.54) is 43.7 Å². The Balaban J connectivity index is 1.31. The highest BCUT2D eigenvalue weighted by molar-refractivity contribution is 6.10. The van der Waals surface area contributed by atoms with E-state index < -0.39 is 0 Å². The lowest BCUT2D eigenvalue weighted by Gasteiger charge is -2.16. The number of pyridine rings is 1. The van der Waals surface area contributed by atoms with Gasteiger partial charge in [-0.1, -0.05) is 133 Å². The van der Waals surface area contributed by atoms with Crippen molar-refractivity contribution >= 4 is 43.6 Å². The average molecular weight is 638 g/mol. The van der Waals surface area contributed by atoms with Crippen molar-refractivity contribution in [2.45, 2.75) is 0 Å². The first-order chi connectivity index (χ1) is 24.8. The fraction of sp³-hybridized carbons (Fsp3) is 0. The van der Waals surface area contributed by atoms with Crippen molar-refractivity contribution in [2.24, 2.45) is 0 Å². The molecule has 3 heterocycles. The van der Waals surface area contributed by atoms with Crippen LogP contribution in [0.2, 0.25) is 0 Å². The van der Waals surface area contributed by atoms with E-state index in [2.05, 4.69) is 197 Å². The fourth-order valence-corrected chi connectivity index (χ4v) is 7.63. The third-order valence-corrected chi connectivity index (χ3v) is 9.89. The van der Waals surface area contributed by atoms with E-state index in [9.17, 15) is 0 Å². The van der Waals surface area contributed by atoms with E-state index in [4.69, 9.17) is 4.98 Å². The molecule has 0 saturated heterocycles. The van der Waals surface area contributed by atoms with Crippen LogP contribution in [0.5, 0.6) is 0 Å². The van der Waals surface area contributed by atoms with Gasteiger partial charge in [-0.25, -0.2) is 4.98 Å². The Morgan fingerprint density at radius 1 is 0.300 bits per heavy atom. The molecular weight excluding hydrogens is 607 g/mol. The number of hydrogen-bond donors (Lipinski definition) is 0. The zero-order valence-electron chi connectivity index (χ0n) is 27.2. The van der Waals surface area contributed by atoms with Crippen LogP contribution in [-0.4, -0.2) is 14.1 Å². The Kier molecular flexibility index (Phi) is 6.49. The first-order valence-electron chi connectivity index (χ1n) is 17.1. The molecule has 0 aliphatic rings. The van der Waals surface area contributed by atoms with Gasteiger partial charge in [0.05, 0.1) is 33.4 Å². The van der Waals surface area contributed by atoms with Crippen molar-refractivity contribution in [3.05, 3.63) is 188 Å². The summed E-state index contributed by atoms with van der Waals surface area (Å²) in [5.74, 6) is 0.878. The van der Waals surface area contributed by atoms with Crippen LogP contribution in [0.4, 0.5) is 0 Å². The van der Waals surface area contributed by atoms with E-state index in [0.29, 0.717) is 0 Å². The summed E-state index contributed by atoms with van der Waals surface area (Å²) < 4.78 is 4.72. The van der Waals surface area contributed by atoms with Gasteiger partial charge in [-0.15, -0.1) is 0 Å². The molecule has 3 heteroatoms. The molecule has 0 fully saturated rings. The maximum absolute atomic E-state index is 5.54. The molecule has 0 N–H and O–H groups in total.